The fraction of sp³-hybridized carbons (Fsp3) is 0.588. The lowest BCUT2D eigenvalue weighted by Crippen LogP contribution is -2.42. The third-order valence-corrected chi connectivity index (χ3v) is 7.13. The van der Waals surface area contributed by atoms with E-state index in [1.165, 1.54) is 6.08 Å². The molecule has 1 unspecified atom stereocenters. The van der Waals surface area contributed by atoms with Gasteiger partial charge in [0.05, 0.1) is 12.1 Å². The number of carbonyl (C=O) groups is 1. The molecule has 8 heteroatoms. The lowest BCUT2D eigenvalue weighted by atomic mass is 9.90. The molecule has 0 aliphatic heterocycles. The molecule has 2 N–H and O–H groups in total. The number of allylic oxidation sites excluding steroid dienone is 1. The molecule has 1 atom stereocenters. The van der Waals surface area contributed by atoms with Crippen LogP contribution in [0.25, 0.3) is 0 Å². The molecule has 1 aliphatic rings. The van der Waals surface area contributed by atoms with Crippen molar-refractivity contribution in [3.05, 3.63) is 36.1 Å². The normalized spacial score (nSPS) is 20.6. The largest absolute Gasteiger partial charge is 0.500 e. The van der Waals surface area contributed by atoms with E-state index in [9.17, 15) is 4.79 Å². The summed E-state index contributed by atoms with van der Waals surface area (Å²) in [6, 6.07) is 0.592. The summed E-state index contributed by atoms with van der Waals surface area (Å²) in [5.41, 5.74) is 0.688. The van der Waals surface area contributed by atoms with Crippen molar-refractivity contribution in [2.75, 3.05) is 42.0 Å². The van der Waals surface area contributed by atoms with Gasteiger partial charge >= 0.3 is 14.8 Å². The van der Waals surface area contributed by atoms with Gasteiger partial charge < -0.3 is 28.6 Å². The first-order chi connectivity index (χ1) is 12.0. The minimum Gasteiger partial charge on any atom is -0.463 e. The molecule has 0 aromatic heterocycles. The van der Waals surface area contributed by atoms with E-state index in [0.717, 1.165) is 12.1 Å². The maximum Gasteiger partial charge on any atom is 0.500 e. The molecule has 0 spiro atoms. The SMILES string of the molecule is CNC1=CCC(C=CC(=O)OCCC[Si](OC)(OC)OC)(NC)C=C1. The minimum atomic E-state index is -2.60. The van der Waals surface area contributed by atoms with Crippen molar-refractivity contribution < 1.29 is 22.8 Å². The maximum absolute atomic E-state index is 11.9. The highest BCUT2D eigenvalue weighted by Gasteiger charge is 2.37. The van der Waals surface area contributed by atoms with Crippen molar-refractivity contribution in [3.8, 4) is 0 Å². The van der Waals surface area contributed by atoms with Gasteiger partial charge in [-0.1, -0.05) is 18.2 Å². The average molecular weight is 371 g/mol. The van der Waals surface area contributed by atoms with E-state index in [4.69, 9.17) is 18.0 Å². The topological polar surface area (TPSA) is 78.1 Å². The lowest BCUT2D eigenvalue weighted by Gasteiger charge is -2.28. The third-order valence-electron chi connectivity index (χ3n) is 4.30. The Kier molecular flexibility index (Phi) is 9.08. The summed E-state index contributed by atoms with van der Waals surface area (Å²) in [6.07, 6.45) is 10.8. The third kappa shape index (κ3) is 6.41. The molecule has 0 bridgehead atoms. The number of hydrogen-bond acceptors (Lipinski definition) is 7. The first kappa shape index (κ1) is 21.6. The predicted molar refractivity (Wildman–Crippen MR) is 99.0 cm³/mol. The molecule has 25 heavy (non-hydrogen) atoms. The predicted octanol–water partition coefficient (Wildman–Crippen LogP) is 1.38. The Balaban J connectivity index is 2.45. The van der Waals surface area contributed by atoms with Crippen molar-refractivity contribution in [3.63, 3.8) is 0 Å². The van der Waals surface area contributed by atoms with E-state index in [0.29, 0.717) is 19.1 Å². The summed E-state index contributed by atoms with van der Waals surface area (Å²) in [7, 11) is 5.84. The fourth-order valence-corrected chi connectivity index (χ4v) is 4.20. The second kappa shape index (κ2) is 10.5. The highest BCUT2D eigenvalue weighted by atomic mass is 28.4. The molecule has 0 saturated carbocycles. The van der Waals surface area contributed by atoms with Crippen LogP contribution in [-0.2, 0) is 22.8 Å². The van der Waals surface area contributed by atoms with Crippen LogP contribution in [0.1, 0.15) is 12.8 Å². The van der Waals surface area contributed by atoms with Gasteiger partial charge in [0.1, 0.15) is 0 Å². The van der Waals surface area contributed by atoms with E-state index in [1.54, 1.807) is 21.3 Å². The maximum atomic E-state index is 11.9. The van der Waals surface area contributed by atoms with Crippen LogP contribution < -0.4 is 10.6 Å². The monoisotopic (exact) mass is 370 g/mol. The summed E-state index contributed by atoms with van der Waals surface area (Å²) >= 11 is 0. The molecule has 0 saturated heterocycles. The molecule has 0 fully saturated rings. The Labute approximate surface area is 151 Å². The van der Waals surface area contributed by atoms with Gasteiger partial charge in [0, 0.05) is 46.2 Å². The van der Waals surface area contributed by atoms with Crippen LogP contribution in [-0.4, -0.2) is 62.3 Å². The Hall–Kier alpha value is -1.45. The lowest BCUT2D eigenvalue weighted by molar-refractivity contribution is -0.137. The van der Waals surface area contributed by atoms with Crippen LogP contribution in [0.4, 0.5) is 0 Å². The molecule has 142 valence electrons. The quantitative estimate of drug-likeness (QED) is 0.246. The molecule has 0 amide bonds. The van der Waals surface area contributed by atoms with Crippen LogP contribution in [0.5, 0.6) is 0 Å². The van der Waals surface area contributed by atoms with Gasteiger partial charge in [0.2, 0.25) is 0 Å². The number of hydrogen-bond donors (Lipinski definition) is 2. The highest BCUT2D eigenvalue weighted by Crippen LogP contribution is 2.21. The van der Waals surface area contributed by atoms with Gasteiger partial charge in [-0.2, -0.15) is 0 Å². The molecular formula is C17H30N2O5Si. The zero-order valence-corrected chi connectivity index (χ0v) is 16.8. The van der Waals surface area contributed by atoms with Gasteiger partial charge in [-0.3, -0.25) is 0 Å². The van der Waals surface area contributed by atoms with Gasteiger partial charge in [0.15, 0.2) is 0 Å². The second-order valence-corrected chi connectivity index (χ2v) is 8.73. The number of nitrogens with one attached hydrogen (secondary N) is 2. The van der Waals surface area contributed by atoms with Crippen LogP contribution in [0.15, 0.2) is 36.1 Å². The van der Waals surface area contributed by atoms with Gasteiger partial charge in [-0.15, -0.1) is 0 Å². The molecule has 0 aromatic rings. The Morgan fingerprint density at radius 3 is 2.44 bits per heavy atom. The Morgan fingerprint density at radius 2 is 1.96 bits per heavy atom. The summed E-state index contributed by atoms with van der Waals surface area (Å²) in [5.74, 6) is -0.370. The number of carbonyl (C=O) groups excluding carboxylic acids is 1. The molecule has 7 nitrogen and oxygen atoms in total. The van der Waals surface area contributed by atoms with Crippen molar-refractivity contribution in [2.45, 2.75) is 24.4 Å². The minimum absolute atomic E-state index is 0.292. The zero-order valence-electron chi connectivity index (χ0n) is 15.8. The standard InChI is InChI=1S/C17H30N2O5Si/c1-18-15-7-10-17(19-2,11-8-15)12-9-16(20)24-13-6-14-25(21-3,22-4)23-5/h7-10,12,18-19H,6,11,13-14H2,1-5H3. The van der Waals surface area contributed by atoms with Crippen LogP contribution in [0.2, 0.25) is 6.04 Å². The molecule has 1 rings (SSSR count). The summed E-state index contributed by atoms with van der Waals surface area (Å²) in [6.45, 7) is 0.292. The average Bonchev–Trinajstić information content (AvgIpc) is 2.67. The molecule has 0 aromatic carbocycles. The summed E-state index contributed by atoms with van der Waals surface area (Å²) < 4.78 is 21.2. The number of ether oxygens (including phenoxy) is 1. The van der Waals surface area contributed by atoms with Crippen molar-refractivity contribution >= 4 is 14.8 Å². The number of likely N-dealkylation sites (N-methyl/N-ethyl adjacent to an activating group) is 2. The Bertz CT molecular complexity index is 509. The number of esters is 1. The summed E-state index contributed by atoms with van der Waals surface area (Å²) in [4.78, 5) is 11.9. The molecule has 0 heterocycles. The molecular weight excluding hydrogens is 340 g/mol. The van der Waals surface area contributed by atoms with Crippen LogP contribution in [0, 0.1) is 0 Å². The van der Waals surface area contributed by atoms with Crippen molar-refractivity contribution in [2.24, 2.45) is 0 Å². The highest BCUT2D eigenvalue weighted by molar-refractivity contribution is 6.60. The van der Waals surface area contributed by atoms with Crippen molar-refractivity contribution in [1.82, 2.24) is 10.6 Å². The van der Waals surface area contributed by atoms with Crippen molar-refractivity contribution in [1.29, 1.82) is 0 Å². The van der Waals surface area contributed by atoms with E-state index in [2.05, 4.69) is 16.7 Å². The van der Waals surface area contributed by atoms with E-state index < -0.39 is 8.80 Å². The second-order valence-electron chi connectivity index (χ2n) is 5.64. The number of rotatable bonds is 11. The van der Waals surface area contributed by atoms with Gasteiger partial charge in [-0.25, -0.2) is 4.79 Å². The smallest absolute Gasteiger partial charge is 0.463 e. The molecule has 1 aliphatic carbocycles. The fourth-order valence-electron chi connectivity index (χ4n) is 2.51. The van der Waals surface area contributed by atoms with Gasteiger partial charge in [-0.05, 0) is 26.0 Å². The molecule has 0 radical (unpaired) electrons. The van der Waals surface area contributed by atoms with E-state index in [1.807, 2.05) is 32.3 Å². The first-order valence-electron chi connectivity index (χ1n) is 8.26. The van der Waals surface area contributed by atoms with Crippen LogP contribution in [0.3, 0.4) is 0 Å². The van der Waals surface area contributed by atoms with Gasteiger partial charge in [0.25, 0.3) is 0 Å². The van der Waals surface area contributed by atoms with Crippen LogP contribution >= 0.6 is 0 Å². The Morgan fingerprint density at radius 1 is 1.28 bits per heavy atom. The summed E-state index contributed by atoms with van der Waals surface area (Å²) in [5, 5.41) is 6.32. The van der Waals surface area contributed by atoms with E-state index in [-0.39, 0.29) is 11.5 Å². The first-order valence-corrected chi connectivity index (χ1v) is 10.2. The van der Waals surface area contributed by atoms with E-state index >= 15 is 0 Å². The zero-order chi connectivity index (χ0) is 18.8.